The van der Waals surface area contributed by atoms with Crippen LogP contribution in [0.25, 0.3) is 0 Å². The van der Waals surface area contributed by atoms with Crippen LogP contribution in [0.3, 0.4) is 0 Å². The summed E-state index contributed by atoms with van der Waals surface area (Å²) < 4.78 is 31.1. The van der Waals surface area contributed by atoms with Gasteiger partial charge in [0, 0.05) is 30.5 Å². The minimum absolute atomic E-state index is 0.374. The summed E-state index contributed by atoms with van der Waals surface area (Å²) in [6, 6.07) is 13.3. The molecule has 29 heavy (non-hydrogen) atoms. The Bertz CT molecular complexity index is 954. The summed E-state index contributed by atoms with van der Waals surface area (Å²) in [6.45, 7) is 3.66. The van der Waals surface area contributed by atoms with Gasteiger partial charge in [0.15, 0.2) is 0 Å². The lowest BCUT2D eigenvalue weighted by Gasteiger charge is -2.28. The zero-order chi connectivity index (χ0) is 21.0. The molecule has 2 aromatic rings. The third-order valence-electron chi connectivity index (χ3n) is 5.00. The average molecular weight is 418 g/mol. The Morgan fingerprint density at radius 3 is 2.38 bits per heavy atom. The van der Waals surface area contributed by atoms with E-state index in [0.29, 0.717) is 17.1 Å². The van der Waals surface area contributed by atoms with E-state index < -0.39 is 22.0 Å². The Morgan fingerprint density at radius 2 is 1.79 bits per heavy atom. The van der Waals surface area contributed by atoms with E-state index in [9.17, 15) is 13.2 Å². The molecule has 2 aromatic carbocycles. The molecule has 1 atom stereocenters. The van der Waals surface area contributed by atoms with Gasteiger partial charge in [-0.3, -0.25) is 9.10 Å². The molecule has 0 aromatic heterocycles. The van der Waals surface area contributed by atoms with Crippen LogP contribution in [0.1, 0.15) is 19.8 Å². The van der Waals surface area contributed by atoms with Gasteiger partial charge in [0.25, 0.3) is 0 Å². The van der Waals surface area contributed by atoms with Crippen LogP contribution in [0.2, 0.25) is 0 Å². The molecule has 0 radical (unpaired) electrons. The minimum Gasteiger partial charge on any atom is -0.497 e. The first-order valence-corrected chi connectivity index (χ1v) is 11.4. The van der Waals surface area contributed by atoms with Crippen molar-refractivity contribution >= 4 is 33.0 Å². The highest BCUT2D eigenvalue weighted by atomic mass is 32.2. The number of methoxy groups -OCH3 is 1. The molecule has 1 N–H and O–H groups in total. The molecule has 0 aliphatic carbocycles. The van der Waals surface area contributed by atoms with Crippen molar-refractivity contribution < 1.29 is 17.9 Å². The number of ether oxygens (including phenoxy) is 1. The van der Waals surface area contributed by atoms with Crippen LogP contribution < -0.4 is 19.3 Å². The molecule has 0 unspecified atom stereocenters. The van der Waals surface area contributed by atoms with E-state index in [1.807, 2.05) is 24.3 Å². The number of carbonyl (C=O) groups is 1. The largest absolute Gasteiger partial charge is 0.497 e. The lowest BCUT2D eigenvalue weighted by atomic mass is 10.2. The second kappa shape index (κ2) is 8.73. The first-order valence-electron chi connectivity index (χ1n) is 9.59. The molecule has 1 aliphatic rings. The number of carbonyl (C=O) groups excluding carboxylic acids is 1. The standard InChI is InChI=1S/C21H27N3O4S/c1-16(24(29(3,26)27)19-7-6-8-20(15-19)28-2)21(25)22-17-9-11-18(12-10-17)23-13-4-5-14-23/h6-12,15-16H,4-5,13-14H2,1-3H3,(H,22,25)/t16-/m0/s1. The van der Waals surface area contributed by atoms with E-state index >= 15 is 0 Å². The van der Waals surface area contributed by atoms with Gasteiger partial charge in [0.1, 0.15) is 11.8 Å². The van der Waals surface area contributed by atoms with Crippen molar-refractivity contribution in [1.29, 1.82) is 0 Å². The van der Waals surface area contributed by atoms with Gasteiger partial charge in [0.05, 0.1) is 19.1 Å². The second-order valence-corrected chi connectivity index (χ2v) is 9.03. The van der Waals surface area contributed by atoms with Crippen LogP contribution in [-0.2, 0) is 14.8 Å². The normalized spacial score (nSPS) is 15.1. The van der Waals surface area contributed by atoms with Crippen molar-refractivity contribution in [2.24, 2.45) is 0 Å². The van der Waals surface area contributed by atoms with E-state index in [2.05, 4.69) is 10.2 Å². The predicted molar refractivity (Wildman–Crippen MR) is 116 cm³/mol. The average Bonchev–Trinajstić information content (AvgIpc) is 3.22. The zero-order valence-corrected chi connectivity index (χ0v) is 17.8. The Kier molecular flexibility index (Phi) is 6.32. The van der Waals surface area contributed by atoms with Crippen LogP contribution in [0.15, 0.2) is 48.5 Å². The summed E-state index contributed by atoms with van der Waals surface area (Å²) in [5, 5.41) is 2.82. The van der Waals surface area contributed by atoms with Crippen LogP contribution in [-0.4, -0.2) is 46.8 Å². The number of hydrogen-bond donors (Lipinski definition) is 1. The van der Waals surface area contributed by atoms with Gasteiger partial charge in [-0.2, -0.15) is 0 Å². The molecule has 0 saturated carbocycles. The van der Waals surface area contributed by atoms with Crippen LogP contribution in [0, 0.1) is 0 Å². The van der Waals surface area contributed by atoms with Gasteiger partial charge in [0.2, 0.25) is 15.9 Å². The summed E-state index contributed by atoms with van der Waals surface area (Å²) in [7, 11) is -2.18. The number of hydrogen-bond acceptors (Lipinski definition) is 5. The molecule has 3 rings (SSSR count). The third kappa shape index (κ3) is 5.00. The second-order valence-electron chi connectivity index (χ2n) is 7.17. The van der Waals surface area contributed by atoms with Crippen LogP contribution in [0.4, 0.5) is 17.1 Å². The fourth-order valence-corrected chi connectivity index (χ4v) is 4.70. The molecule has 156 valence electrons. The number of nitrogens with one attached hydrogen (secondary N) is 1. The fraction of sp³-hybridized carbons (Fsp3) is 0.381. The number of sulfonamides is 1. The molecule has 0 bridgehead atoms. The van der Waals surface area contributed by atoms with Gasteiger partial charge in [-0.25, -0.2) is 8.42 Å². The van der Waals surface area contributed by atoms with Gasteiger partial charge in [-0.15, -0.1) is 0 Å². The van der Waals surface area contributed by atoms with Crippen molar-refractivity contribution in [3.63, 3.8) is 0 Å². The summed E-state index contributed by atoms with van der Waals surface area (Å²) in [6.07, 6.45) is 3.48. The molecule has 1 saturated heterocycles. The van der Waals surface area contributed by atoms with Crippen molar-refractivity contribution in [3.8, 4) is 5.75 Å². The van der Waals surface area contributed by atoms with Crippen LogP contribution >= 0.6 is 0 Å². The maximum Gasteiger partial charge on any atom is 0.247 e. The fourth-order valence-electron chi connectivity index (χ4n) is 3.53. The number of nitrogens with zero attached hydrogens (tertiary/aromatic N) is 2. The number of anilines is 3. The highest BCUT2D eigenvalue weighted by Crippen LogP contribution is 2.26. The highest BCUT2D eigenvalue weighted by molar-refractivity contribution is 7.92. The molecule has 1 aliphatic heterocycles. The Hall–Kier alpha value is -2.74. The molecule has 1 heterocycles. The summed E-state index contributed by atoms with van der Waals surface area (Å²) in [5.41, 5.74) is 2.13. The van der Waals surface area contributed by atoms with Crippen molar-refractivity contribution in [1.82, 2.24) is 0 Å². The smallest absolute Gasteiger partial charge is 0.247 e. The molecular weight excluding hydrogens is 390 g/mol. The van der Waals surface area contributed by atoms with Crippen molar-refractivity contribution in [3.05, 3.63) is 48.5 Å². The third-order valence-corrected chi connectivity index (χ3v) is 6.24. The quantitative estimate of drug-likeness (QED) is 0.749. The van der Waals surface area contributed by atoms with E-state index in [0.717, 1.165) is 29.3 Å². The minimum atomic E-state index is -3.69. The van der Waals surface area contributed by atoms with Crippen LogP contribution in [0.5, 0.6) is 5.75 Å². The van der Waals surface area contributed by atoms with Gasteiger partial charge in [-0.1, -0.05) is 6.07 Å². The van der Waals surface area contributed by atoms with E-state index in [1.165, 1.54) is 20.0 Å². The van der Waals surface area contributed by atoms with E-state index in [-0.39, 0.29) is 0 Å². The SMILES string of the molecule is COc1cccc(N([C@@H](C)C(=O)Nc2ccc(N3CCCC3)cc2)S(C)(=O)=O)c1. The molecule has 7 nitrogen and oxygen atoms in total. The highest BCUT2D eigenvalue weighted by Gasteiger charge is 2.29. The Morgan fingerprint density at radius 1 is 1.14 bits per heavy atom. The summed E-state index contributed by atoms with van der Waals surface area (Å²) in [4.78, 5) is 15.1. The zero-order valence-electron chi connectivity index (χ0n) is 17.0. The predicted octanol–water partition coefficient (Wildman–Crippen LogP) is 3.09. The van der Waals surface area contributed by atoms with Crippen molar-refractivity contribution in [2.45, 2.75) is 25.8 Å². The maximum absolute atomic E-state index is 12.8. The monoisotopic (exact) mass is 417 g/mol. The Labute approximate surface area is 172 Å². The molecule has 1 amide bonds. The molecule has 8 heteroatoms. The molecule has 1 fully saturated rings. The van der Waals surface area contributed by atoms with Gasteiger partial charge < -0.3 is 15.0 Å². The molecule has 0 spiro atoms. The van der Waals surface area contributed by atoms with E-state index in [4.69, 9.17) is 4.74 Å². The Balaban J connectivity index is 1.77. The first-order chi connectivity index (χ1) is 13.8. The van der Waals surface area contributed by atoms with E-state index in [1.54, 1.807) is 31.2 Å². The summed E-state index contributed by atoms with van der Waals surface area (Å²) in [5.74, 6) is 0.105. The lowest BCUT2D eigenvalue weighted by molar-refractivity contribution is -0.116. The number of benzene rings is 2. The molecular formula is C21H27N3O4S. The summed E-state index contributed by atoms with van der Waals surface area (Å²) >= 11 is 0. The lowest BCUT2D eigenvalue weighted by Crippen LogP contribution is -2.45. The number of amides is 1. The first kappa shape index (κ1) is 21.0. The van der Waals surface area contributed by atoms with Gasteiger partial charge >= 0.3 is 0 Å². The van der Waals surface area contributed by atoms with Gasteiger partial charge in [-0.05, 0) is 56.2 Å². The topological polar surface area (TPSA) is 79.0 Å². The maximum atomic E-state index is 12.8. The van der Waals surface area contributed by atoms with Crippen molar-refractivity contribution in [2.75, 3.05) is 41.0 Å². The number of rotatable bonds is 7.